The number of hydrogen-bond donors (Lipinski definition) is 2. The molecule has 2 aromatic carbocycles. The Morgan fingerprint density at radius 2 is 1.81 bits per heavy atom. The van der Waals surface area contributed by atoms with Crippen LogP contribution in [0.25, 0.3) is 11.0 Å². The van der Waals surface area contributed by atoms with Crippen LogP contribution in [0.4, 0.5) is 24.1 Å². The summed E-state index contributed by atoms with van der Waals surface area (Å²) in [7, 11) is 1.58. The van der Waals surface area contributed by atoms with E-state index in [2.05, 4.69) is 25.4 Å². The molecule has 2 N–H and O–H groups in total. The molecule has 1 fully saturated rings. The Labute approximate surface area is 276 Å². The second kappa shape index (κ2) is 13.9. The number of alkyl halides is 3. The summed E-state index contributed by atoms with van der Waals surface area (Å²) in [5.74, 6) is -0.619. The highest BCUT2D eigenvalue weighted by molar-refractivity contribution is 7.13. The van der Waals surface area contributed by atoms with E-state index in [0.29, 0.717) is 64.2 Å². The monoisotopic (exact) mass is 681 g/mol. The lowest BCUT2D eigenvalue weighted by Gasteiger charge is -2.31. The van der Waals surface area contributed by atoms with Gasteiger partial charge in [0.2, 0.25) is 0 Å². The van der Waals surface area contributed by atoms with Crippen LogP contribution in [-0.2, 0) is 16.2 Å². The van der Waals surface area contributed by atoms with Crippen LogP contribution in [-0.4, -0.2) is 69.1 Å². The fourth-order valence-corrected chi connectivity index (χ4v) is 5.84. The smallest absolute Gasteiger partial charge is 0.492 e. The summed E-state index contributed by atoms with van der Waals surface area (Å²) in [5, 5.41) is 14.8. The van der Waals surface area contributed by atoms with Gasteiger partial charge in [0.25, 0.3) is 5.91 Å². The highest BCUT2D eigenvalue weighted by Crippen LogP contribution is 2.35. The van der Waals surface area contributed by atoms with E-state index in [-0.39, 0.29) is 19.0 Å². The van der Waals surface area contributed by atoms with Gasteiger partial charge >= 0.3 is 12.1 Å². The lowest BCUT2D eigenvalue weighted by molar-refractivity contribution is -0.241. The van der Waals surface area contributed by atoms with Crippen molar-refractivity contribution in [3.8, 4) is 17.2 Å². The number of amides is 1. The number of carbonyl (C=O) groups excluding carboxylic acids is 2. The second-order valence-corrected chi connectivity index (χ2v) is 11.8. The topological polar surface area (TPSA) is 133 Å². The van der Waals surface area contributed by atoms with Crippen LogP contribution in [0, 0.1) is 6.92 Å². The van der Waals surface area contributed by atoms with Crippen molar-refractivity contribution in [1.82, 2.24) is 24.8 Å². The van der Waals surface area contributed by atoms with Gasteiger partial charge in [0.15, 0.2) is 16.6 Å². The fourth-order valence-electron chi connectivity index (χ4n) is 5.16. The lowest BCUT2D eigenvalue weighted by atomic mass is 10.1. The van der Waals surface area contributed by atoms with Gasteiger partial charge in [0, 0.05) is 35.8 Å². The highest BCUT2D eigenvalue weighted by Gasteiger charge is 2.43. The number of nitrogens with one attached hydrogen (secondary N) is 2. The number of hydrogen-bond acceptors (Lipinski definition) is 11. The molecule has 1 saturated heterocycles. The number of thiazole rings is 1. The predicted octanol–water partition coefficient (Wildman–Crippen LogP) is 6.19. The third-order valence-corrected chi connectivity index (χ3v) is 8.31. The number of hydroxylamine groups is 2. The van der Waals surface area contributed by atoms with E-state index in [1.165, 1.54) is 11.3 Å². The molecule has 0 saturated carbocycles. The standard InChI is InChI=1S/C32H30F3N7O5S/c1-19-18-48-31(37-19)39-29(43)21-7-11-24(12-8-21)46-25-13-14-36-28-26(25)27(40-42(28)16-20-5-9-23(45-2)10-6-20)38-22-4-3-15-41(17-22)47-30(44)32(33,34)35/h5-14,18,22H,3-4,15-17H2,1-2H3,(H,38,40)(H,37,39,43)/t22-/m1/s1. The number of rotatable bonds is 10. The normalized spacial score (nSPS) is 15.2. The third kappa shape index (κ3) is 7.66. The zero-order valence-electron chi connectivity index (χ0n) is 25.8. The molecule has 16 heteroatoms. The number of benzene rings is 2. The summed E-state index contributed by atoms with van der Waals surface area (Å²) in [6.45, 7) is 2.37. The molecule has 0 spiro atoms. The number of ether oxygens (including phenoxy) is 2. The van der Waals surface area contributed by atoms with Gasteiger partial charge in [-0.1, -0.05) is 12.1 Å². The maximum atomic E-state index is 12.8. The Bertz CT molecular complexity index is 1910. The van der Waals surface area contributed by atoms with Gasteiger partial charge in [-0.3, -0.25) is 10.1 Å². The van der Waals surface area contributed by atoms with Gasteiger partial charge in [-0.2, -0.15) is 18.3 Å². The maximum Gasteiger partial charge on any atom is 0.492 e. The van der Waals surface area contributed by atoms with E-state index in [4.69, 9.17) is 14.6 Å². The summed E-state index contributed by atoms with van der Waals surface area (Å²) in [5.41, 5.74) is 2.65. The first kappa shape index (κ1) is 32.7. The SMILES string of the molecule is COc1ccc(Cn2nc(N[C@@H]3CCCN(OC(=O)C(F)(F)F)C3)c3c(Oc4ccc(C(=O)Nc5nc(C)cs5)cc4)ccnc32)cc1. The van der Waals surface area contributed by atoms with Gasteiger partial charge in [0.1, 0.15) is 22.6 Å². The number of pyridine rings is 1. The molecule has 1 aliphatic rings. The van der Waals surface area contributed by atoms with E-state index >= 15 is 0 Å². The molecule has 0 radical (unpaired) electrons. The Balaban J connectivity index is 1.27. The minimum atomic E-state index is -5.10. The molecule has 12 nitrogen and oxygen atoms in total. The minimum Gasteiger partial charge on any atom is -0.497 e. The van der Waals surface area contributed by atoms with Crippen molar-refractivity contribution in [2.75, 3.05) is 30.8 Å². The summed E-state index contributed by atoms with van der Waals surface area (Å²) in [6.07, 6.45) is -2.44. The molecule has 1 amide bonds. The number of halogens is 3. The van der Waals surface area contributed by atoms with Crippen LogP contribution in [0.3, 0.4) is 0 Å². The number of piperidine rings is 1. The van der Waals surface area contributed by atoms with Crippen molar-refractivity contribution in [3.05, 3.63) is 83.0 Å². The third-order valence-electron chi connectivity index (χ3n) is 7.44. The summed E-state index contributed by atoms with van der Waals surface area (Å²) < 4.78 is 51.8. The van der Waals surface area contributed by atoms with Crippen LogP contribution in [0.1, 0.15) is 34.5 Å². The van der Waals surface area contributed by atoms with Crippen molar-refractivity contribution >= 4 is 45.2 Å². The molecule has 1 aliphatic heterocycles. The number of aryl methyl sites for hydroxylation is 1. The largest absolute Gasteiger partial charge is 0.497 e. The molecule has 0 aliphatic carbocycles. The van der Waals surface area contributed by atoms with Gasteiger partial charge in [-0.25, -0.2) is 19.4 Å². The lowest BCUT2D eigenvalue weighted by Crippen LogP contribution is -2.45. The molecule has 1 atom stereocenters. The molecule has 0 bridgehead atoms. The maximum absolute atomic E-state index is 12.8. The quantitative estimate of drug-likeness (QED) is 0.176. The molecule has 5 aromatic rings. The number of aromatic nitrogens is 4. The number of anilines is 2. The number of methoxy groups -OCH3 is 1. The van der Waals surface area contributed by atoms with Crippen molar-refractivity contribution < 1.29 is 37.1 Å². The first-order valence-corrected chi connectivity index (χ1v) is 15.7. The van der Waals surface area contributed by atoms with Crippen LogP contribution < -0.4 is 20.1 Å². The van der Waals surface area contributed by atoms with E-state index in [0.717, 1.165) is 16.3 Å². The highest BCUT2D eigenvalue weighted by atomic mass is 32.1. The Morgan fingerprint density at radius 1 is 1.06 bits per heavy atom. The average molecular weight is 682 g/mol. The molecule has 0 unspecified atom stereocenters. The van der Waals surface area contributed by atoms with Gasteiger partial charge in [0.05, 0.1) is 25.9 Å². The van der Waals surface area contributed by atoms with Gasteiger partial charge in [-0.15, -0.1) is 16.4 Å². The number of carbonyl (C=O) groups is 2. The Hall–Kier alpha value is -5.22. The van der Waals surface area contributed by atoms with Crippen LogP contribution in [0.2, 0.25) is 0 Å². The first-order valence-electron chi connectivity index (χ1n) is 14.9. The summed E-state index contributed by atoms with van der Waals surface area (Å²) in [6, 6.07) is 15.3. The van der Waals surface area contributed by atoms with Crippen molar-refractivity contribution in [2.24, 2.45) is 0 Å². The first-order chi connectivity index (χ1) is 23.1. The molecule has 250 valence electrons. The number of fused-ring (bicyclic) bond motifs is 1. The molecular weight excluding hydrogens is 651 g/mol. The summed E-state index contributed by atoms with van der Waals surface area (Å²) >= 11 is 1.34. The van der Waals surface area contributed by atoms with E-state index in [9.17, 15) is 22.8 Å². The minimum absolute atomic E-state index is 0.00912. The number of nitrogens with zero attached hydrogens (tertiary/aromatic N) is 5. The van der Waals surface area contributed by atoms with E-state index in [1.54, 1.807) is 48.3 Å². The van der Waals surface area contributed by atoms with E-state index in [1.807, 2.05) is 36.6 Å². The zero-order chi connectivity index (χ0) is 33.8. The molecular formula is C32H30F3N7O5S. The molecule has 48 heavy (non-hydrogen) atoms. The molecule has 3 aromatic heterocycles. The predicted molar refractivity (Wildman–Crippen MR) is 171 cm³/mol. The Morgan fingerprint density at radius 3 is 2.50 bits per heavy atom. The van der Waals surface area contributed by atoms with Crippen LogP contribution >= 0.6 is 11.3 Å². The van der Waals surface area contributed by atoms with Gasteiger partial charge < -0.3 is 19.6 Å². The Kier molecular flexibility index (Phi) is 9.45. The van der Waals surface area contributed by atoms with Crippen LogP contribution in [0.5, 0.6) is 17.2 Å². The average Bonchev–Trinajstić information content (AvgIpc) is 3.64. The molecule has 6 rings (SSSR count). The van der Waals surface area contributed by atoms with Crippen molar-refractivity contribution in [2.45, 2.75) is 38.5 Å². The van der Waals surface area contributed by atoms with Crippen molar-refractivity contribution in [3.63, 3.8) is 0 Å². The fraction of sp³-hybridized carbons (Fsp3) is 0.281. The zero-order valence-corrected chi connectivity index (χ0v) is 26.6. The van der Waals surface area contributed by atoms with E-state index < -0.39 is 18.2 Å². The second-order valence-electron chi connectivity index (χ2n) is 11.0. The molecule has 4 heterocycles. The van der Waals surface area contributed by atoms with Crippen LogP contribution in [0.15, 0.2) is 66.2 Å². The van der Waals surface area contributed by atoms with Gasteiger partial charge in [-0.05, 0) is 61.7 Å². The summed E-state index contributed by atoms with van der Waals surface area (Å²) in [4.78, 5) is 37.6. The van der Waals surface area contributed by atoms with Crippen molar-refractivity contribution in [1.29, 1.82) is 0 Å².